The maximum absolute atomic E-state index is 13.4. The third kappa shape index (κ3) is 3.59. The lowest BCUT2D eigenvalue weighted by Gasteiger charge is -2.27. The third-order valence-corrected chi connectivity index (χ3v) is 7.38. The maximum atomic E-state index is 13.4. The molecular weight excluding hydrogens is 388 g/mol. The van der Waals surface area contributed by atoms with E-state index in [0.717, 1.165) is 29.5 Å². The molecule has 2 aliphatic rings. The summed E-state index contributed by atoms with van der Waals surface area (Å²) in [6.07, 6.45) is 2.07. The second-order valence-electron chi connectivity index (χ2n) is 7.43. The van der Waals surface area contributed by atoms with Gasteiger partial charge in [0.25, 0.3) is 0 Å². The molecule has 2 fully saturated rings. The van der Waals surface area contributed by atoms with Gasteiger partial charge in [-0.05, 0) is 30.4 Å². The van der Waals surface area contributed by atoms with E-state index in [2.05, 4.69) is 15.2 Å². The number of hydrogen-bond acceptors (Lipinski definition) is 5. The lowest BCUT2D eigenvalue weighted by atomic mass is 10.1. The van der Waals surface area contributed by atoms with Gasteiger partial charge >= 0.3 is 0 Å². The van der Waals surface area contributed by atoms with Crippen LogP contribution in [0.1, 0.15) is 24.3 Å². The number of benzene rings is 2. The highest BCUT2D eigenvalue weighted by atomic mass is 32.2. The molecule has 2 aromatic carbocycles. The molecule has 0 bridgehead atoms. The zero-order chi connectivity index (χ0) is 19.8. The summed E-state index contributed by atoms with van der Waals surface area (Å²) in [7, 11) is -3.58. The first-order chi connectivity index (χ1) is 14.1. The van der Waals surface area contributed by atoms with Gasteiger partial charge in [0, 0.05) is 24.2 Å². The molecular formula is C21H22N4O3S. The Kier molecular flexibility index (Phi) is 4.69. The summed E-state index contributed by atoms with van der Waals surface area (Å²) in [5, 5.41) is 8.49. The van der Waals surface area contributed by atoms with Gasteiger partial charge in [-0.3, -0.25) is 0 Å². The molecule has 0 amide bonds. The van der Waals surface area contributed by atoms with E-state index in [1.54, 1.807) is 6.07 Å². The van der Waals surface area contributed by atoms with Crippen LogP contribution in [0.3, 0.4) is 0 Å². The molecule has 1 aliphatic heterocycles. The molecule has 5 rings (SSSR count). The van der Waals surface area contributed by atoms with Crippen LogP contribution in [0, 0.1) is 0 Å². The van der Waals surface area contributed by atoms with E-state index >= 15 is 0 Å². The molecule has 150 valence electrons. The molecule has 1 saturated heterocycles. The summed E-state index contributed by atoms with van der Waals surface area (Å²) in [5.41, 5.74) is 2.56. The number of nitrogens with one attached hydrogen (secondary N) is 1. The van der Waals surface area contributed by atoms with Gasteiger partial charge in [0.05, 0.1) is 18.1 Å². The number of sulfonamides is 1. The van der Waals surface area contributed by atoms with E-state index in [0.29, 0.717) is 48.8 Å². The van der Waals surface area contributed by atoms with Gasteiger partial charge in [-0.25, -0.2) is 8.42 Å². The van der Waals surface area contributed by atoms with Crippen molar-refractivity contribution in [3.8, 4) is 22.8 Å². The topological polar surface area (TPSA) is 88.2 Å². The first-order valence-electron chi connectivity index (χ1n) is 9.83. The van der Waals surface area contributed by atoms with Crippen molar-refractivity contribution in [2.45, 2.75) is 23.7 Å². The average molecular weight is 410 g/mol. The van der Waals surface area contributed by atoms with Gasteiger partial charge in [-0.1, -0.05) is 42.5 Å². The Morgan fingerprint density at radius 2 is 1.62 bits per heavy atom. The second-order valence-corrected chi connectivity index (χ2v) is 9.34. The molecule has 1 saturated carbocycles. The highest BCUT2D eigenvalue weighted by Crippen LogP contribution is 2.44. The minimum absolute atomic E-state index is 0.324. The number of nitrogens with zero attached hydrogens (tertiary/aromatic N) is 3. The molecule has 0 radical (unpaired) electrons. The van der Waals surface area contributed by atoms with Gasteiger partial charge < -0.3 is 9.72 Å². The third-order valence-electron chi connectivity index (χ3n) is 5.43. The van der Waals surface area contributed by atoms with Gasteiger partial charge in [0.2, 0.25) is 10.0 Å². The lowest BCUT2D eigenvalue weighted by Crippen LogP contribution is -2.40. The van der Waals surface area contributed by atoms with E-state index < -0.39 is 10.0 Å². The molecule has 2 heterocycles. The van der Waals surface area contributed by atoms with E-state index in [1.165, 1.54) is 4.31 Å². The Hall–Kier alpha value is -2.55. The predicted octanol–water partition coefficient (Wildman–Crippen LogP) is 3.04. The number of morpholine rings is 1. The number of rotatable bonds is 5. The van der Waals surface area contributed by atoms with Crippen molar-refractivity contribution in [2.75, 3.05) is 26.3 Å². The summed E-state index contributed by atoms with van der Waals surface area (Å²) >= 11 is 0. The summed E-state index contributed by atoms with van der Waals surface area (Å²) in [6, 6.07) is 15.3. The normalized spacial score (nSPS) is 18.1. The Morgan fingerprint density at radius 1 is 0.931 bits per heavy atom. The maximum Gasteiger partial charge on any atom is 0.243 e. The van der Waals surface area contributed by atoms with Crippen molar-refractivity contribution < 1.29 is 13.2 Å². The predicted molar refractivity (Wildman–Crippen MR) is 109 cm³/mol. The van der Waals surface area contributed by atoms with Crippen LogP contribution in [0.25, 0.3) is 22.8 Å². The van der Waals surface area contributed by atoms with Crippen LogP contribution in [0.4, 0.5) is 0 Å². The lowest BCUT2D eigenvalue weighted by molar-refractivity contribution is 0.0730. The van der Waals surface area contributed by atoms with Crippen molar-refractivity contribution in [1.82, 2.24) is 19.5 Å². The van der Waals surface area contributed by atoms with Crippen LogP contribution in [0.2, 0.25) is 0 Å². The van der Waals surface area contributed by atoms with E-state index in [-0.39, 0.29) is 0 Å². The molecule has 0 spiro atoms. The Labute approximate surface area is 169 Å². The summed E-state index contributed by atoms with van der Waals surface area (Å²) in [4.78, 5) is 3.60. The molecule has 7 nitrogen and oxygen atoms in total. The molecule has 3 aromatic rings. The minimum Gasteiger partial charge on any atom is -0.379 e. The summed E-state index contributed by atoms with van der Waals surface area (Å²) < 4.78 is 33.6. The minimum atomic E-state index is -3.58. The van der Waals surface area contributed by atoms with Gasteiger partial charge in [0.15, 0.2) is 11.6 Å². The number of aromatic amines is 1. The Balaban J connectivity index is 1.54. The van der Waals surface area contributed by atoms with E-state index in [9.17, 15) is 8.42 Å². The molecule has 0 unspecified atom stereocenters. The van der Waals surface area contributed by atoms with Crippen molar-refractivity contribution in [3.63, 3.8) is 0 Å². The van der Waals surface area contributed by atoms with E-state index in [1.807, 2.05) is 42.5 Å². The smallest absolute Gasteiger partial charge is 0.243 e. The monoisotopic (exact) mass is 410 g/mol. The molecule has 1 N–H and O–H groups in total. The number of ether oxygens (including phenoxy) is 1. The van der Waals surface area contributed by atoms with E-state index in [4.69, 9.17) is 4.74 Å². The van der Waals surface area contributed by atoms with Crippen molar-refractivity contribution in [3.05, 3.63) is 54.1 Å². The average Bonchev–Trinajstić information content (AvgIpc) is 3.50. The fraction of sp³-hybridized carbons (Fsp3) is 0.333. The Bertz CT molecular complexity index is 1120. The molecule has 29 heavy (non-hydrogen) atoms. The SMILES string of the molecule is O=S(=O)(c1cc(-c2nnc(-c3ccccc3)[nH]2)ccc1C1CC1)N1CCOCC1. The first-order valence-corrected chi connectivity index (χ1v) is 11.3. The number of aromatic nitrogens is 3. The second kappa shape index (κ2) is 7.37. The van der Waals surface area contributed by atoms with Crippen LogP contribution >= 0.6 is 0 Å². The fourth-order valence-electron chi connectivity index (χ4n) is 3.68. The van der Waals surface area contributed by atoms with Crippen LogP contribution in [0.15, 0.2) is 53.4 Å². The zero-order valence-corrected chi connectivity index (χ0v) is 16.7. The molecule has 1 aromatic heterocycles. The van der Waals surface area contributed by atoms with Crippen molar-refractivity contribution in [1.29, 1.82) is 0 Å². The van der Waals surface area contributed by atoms with Crippen LogP contribution in [-0.2, 0) is 14.8 Å². The van der Waals surface area contributed by atoms with Crippen LogP contribution in [-0.4, -0.2) is 54.2 Å². The Morgan fingerprint density at radius 3 is 2.31 bits per heavy atom. The van der Waals surface area contributed by atoms with Gasteiger partial charge in [-0.15, -0.1) is 10.2 Å². The highest BCUT2D eigenvalue weighted by Gasteiger charge is 2.34. The van der Waals surface area contributed by atoms with Crippen molar-refractivity contribution >= 4 is 10.0 Å². The zero-order valence-electron chi connectivity index (χ0n) is 15.9. The van der Waals surface area contributed by atoms with Crippen LogP contribution in [0.5, 0.6) is 0 Å². The van der Waals surface area contributed by atoms with Gasteiger partial charge in [-0.2, -0.15) is 4.31 Å². The molecule has 1 aliphatic carbocycles. The first kappa shape index (κ1) is 18.5. The standard InChI is InChI=1S/C21H22N4O3S/c26-29(27,25-10-12-28-13-11-25)19-14-17(8-9-18(19)15-6-7-15)21-22-20(23-24-21)16-4-2-1-3-5-16/h1-5,8-9,14-15H,6-7,10-13H2,(H,22,23,24). The highest BCUT2D eigenvalue weighted by molar-refractivity contribution is 7.89. The van der Waals surface area contributed by atoms with Crippen molar-refractivity contribution in [2.24, 2.45) is 0 Å². The molecule has 8 heteroatoms. The number of hydrogen-bond donors (Lipinski definition) is 1. The summed E-state index contributed by atoms with van der Waals surface area (Å²) in [5.74, 6) is 1.54. The van der Waals surface area contributed by atoms with Gasteiger partial charge in [0.1, 0.15) is 0 Å². The van der Waals surface area contributed by atoms with Crippen LogP contribution < -0.4 is 0 Å². The fourth-order valence-corrected chi connectivity index (χ4v) is 5.40. The summed E-state index contributed by atoms with van der Waals surface area (Å²) in [6.45, 7) is 1.63. The molecule has 0 atom stereocenters. The quantitative estimate of drug-likeness (QED) is 0.698. The number of H-pyrrole nitrogens is 1. The largest absolute Gasteiger partial charge is 0.379 e.